The monoisotopic (exact) mass is 267 g/mol. The minimum absolute atomic E-state index is 0.287. The van der Waals surface area contributed by atoms with Crippen LogP contribution in [0.3, 0.4) is 0 Å². The van der Waals surface area contributed by atoms with Crippen LogP contribution in [-0.2, 0) is 11.2 Å². The van der Waals surface area contributed by atoms with E-state index in [4.69, 9.17) is 5.73 Å². The summed E-state index contributed by atoms with van der Waals surface area (Å²) >= 11 is 0. The zero-order valence-electron chi connectivity index (χ0n) is 11.7. The first-order chi connectivity index (χ1) is 8.83. The van der Waals surface area contributed by atoms with Crippen molar-refractivity contribution in [3.05, 3.63) is 35.6 Å². The molecule has 5 heteroatoms. The Morgan fingerprint density at radius 2 is 1.95 bits per heavy atom. The SMILES string of the molecule is CN(C)CCNC(C)(Cc1ccc(F)cc1)C(N)=O. The van der Waals surface area contributed by atoms with Crippen LogP contribution in [0.5, 0.6) is 0 Å². The number of nitrogens with two attached hydrogens (primary N) is 1. The van der Waals surface area contributed by atoms with Crippen LogP contribution in [0, 0.1) is 5.82 Å². The third-order valence-corrected chi connectivity index (χ3v) is 3.09. The third kappa shape index (κ3) is 4.96. The summed E-state index contributed by atoms with van der Waals surface area (Å²) in [7, 11) is 3.92. The lowest BCUT2D eigenvalue weighted by atomic mass is 9.92. The smallest absolute Gasteiger partial charge is 0.237 e. The molecule has 1 unspecified atom stereocenters. The number of nitrogens with zero attached hydrogens (tertiary/aromatic N) is 1. The van der Waals surface area contributed by atoms with E-state index in [1.807, 2.05) is 19.0 Å². The van der Waals surface area contributed by atoms with E-state index in [1.54, 1.807) is 19.1 Å². The molecule has 0 aliphatic heterocycles. The third-order valence-electron chi connectivity index (χ3n) is 3.09. The molecule has 106 valence electrons. The molecular weight excluding hydrogens is 245 g/mol. The van der Waals surface area contributed by atoms with Gasteiger partial charge in [0.05, 0.1) is 5.54 Å². The predicted octanol–water partition coefficient (Wildman–Crippen LogP) is 0.763. The predicted molar refractivity (Wildman–Crippen MR) is 74.3 cm³/mol. The van der Waals surface area contributed by atoms with Gasteiger partial charge in [0.15, 0.2) is 0 Å². The molecule has 0 bridgehead atoms. The summed E-state index contributed by atoms with van der Waals surface area (Å²) in [5.74, 6) is -0.694. The topological polar surface area (TPSA) is 58.4 Å². The van der Waals surface area contributed by atoms with Gasteiger partial charge < -0.3 is 16.0 Å². The van der Waals surface area contributed by atoms with Crippen molar-refractivity contribution >= 4 is 5.91 Å². The molecule has 19 heavy (non-hydrogen) atoms. The van der Waals surface area contributed by atoms with Gasteiger partial charge in [0.2, 0.25) is 5.91 Å². The lowest BCUT2D eigenvalue weighted by Crippen LogP contribution is -2.56. The summed E-state index contributed by atoms with van der Waals surface area (Å²) < 4.78 is 12.9. The van der Waals surface area contributed by atoms with Crippen LogP contribution < -0.4 is 11.1 Å². The quantitative estimate of drug-likeness (QED) is 0.767. The van der Waals surface area contributed by atoms with Gasteiger partial charge in [-0.25, -0.2) is 4.39 Å². The molecule has 0 saturated carbocycles. The Morgan fingerprint density at radius 1 is 1.37 bits per heavy atom. The lowest BCUT2D eigenvalue weighted by molar-refractivity contribution is -0.123. The fourth-order valence-corrected chi connectivity index (χ4v) is 1.80. The Morgan fingerprint density at radius 3 is 2.42 bits per heavy atom. The maximum Gasteiger partial charge on any atom is 0.237 e. The van der Waals surface area contributed by atoms with Crippen LogP contribution in [0.15, 0.2) is 24.3 Å². The molecule has 1 aromatic carbocycles. The van der Waals surface area contributed by atoms with Crippen molar-refractivity contribution in [3.8, 4) is 0 Å². The van der Waals surface area contributed by atoms with E-state index < -0.39 is 11.4 Å². The zero-order chi connectivity index (χ0) is 14.5. The highest BCUT2D eigenvalue weighted by molar-refractivity contribution is 5.84. The molecule has 1 atom stereocenters. The van der Waals surface area contributed by atoms with Crippen LogP contribution in [0.4, 0.5) is 4.39 Å². The molecule has 1 amide bonds. The van der Waals surface area contributed by atoms with Gasteiger partial charge in [-0.15, -0.1) is 0 Å². The second-order valence-corrected chi connectivity index (χ2v) is 5.23. The molecule has 1 rings (SSSR count). The average Bonchev–Trinajstić information content (AvgIpc) is 2.31. The van der Waals surface area contributed by atoms with E-state index in [0.29, 0.717) is 13.0 Å². The second-order valence-electron chi connectivity index (χ2n) is 5.23. The van der Waals surface area contributed by atoms with Gasteiger partial charge in [0.25, 0.3) is 0 Å². The van der Waals surface area contributed by atoms with Gasteiger partial charge >= 0.3 is 0 Å². The van der Waals surface area contributed by atoms with Crippen LogP contribution in [0.1, 0.15) is 12.5 Å². The number of amides is 1. The molecule has 4 nitrogen and oxygen atoms in total. The van der Waals surface area contributed by atoms with Crippen LogP contribution in [-0.4, -0.2) is 43.5 Å². The second kappa shape index (κ2) is 6.63. The number of hydrogen-bond acceptors (Lipinski definition) is 3. The minimum Gasteiger partial charge on any atom is -0.368 e. The number of primary amides is 1. The van der Waals surface area contributed by atoms with Gasteiger partial charge in [-0.05, 0) is 45.1 Å². The van der Waals surface area contributed by atoms with E-state index in [0.717, 1.165) is 12.1 Å². The Kier molecular flexibility index (Phi) is 5.44. The molecule has 0 aliphatic carbocycles. The Labute approximate surface area is 113 Å². The van der Waals surface area contributed by atoms with Crippen molar-refractivity contribution in [2.45, 2.75) is 18.9 Å². The average molecular weight is 267 g/mol. The molecule has 1 aromatic rings. The van der Waals surface area contributed by atoms with Crippen molar-refractivity contribution in [2.75, 3.05) is 27.2 Å². The van der Waals surface area contributed by atoms with Gasteiger partial charge in [-0.2, -0.15) is 0 Å². The van der Waals surface area contributed by atoms with E-state index in [2.05, 4.69) is 5.32 Å². The van der Waals surface area contributed by atoms with Gasteiger partial charge in [0.1, 0.15) is 5.82 Å². The summed E-state index contributed by atoms with van der Waals surface area (Å²) in [5.41, 5.74) is 5.53. The number of carbonyl (C=O) groups excluding carboxylic acids is 1. The first kappa shape index (κ1) is 15.6. The molecule has 0 fully saturated rings. The van der Waals surface area contributed by atoms with E-state index in [1.165, 1.54) is 12.1 Å². The van der Waals surface area contributed by atoms with Crippen molar-refractivity contribution in [1.29, 1.82) is 0 Å². The highest BCUT2D eigenvalue weighted by Gasteiger charge is 2.30. The summed E-state index contributed by atoms with van der Waals surface area (Å²) in [6.07, 6.45) is 0.441. The van der Waals surface area contributed by atoms with Crippen molar-refractivity contribution in [3.63, 3.8) is 0 Å². The Hall–Kier alpha value is -1.46. The Bertz CT molecular complexity index is 419. The molecule has 3 N–H and O–H groups in total. The van der Waals surface area contributed by atoms with E-state index in [-0.39, 0.29) is 5.82 Å². The summed E-state index contributed by atoms with van der Waals surface area (Å²) in [4.78, 5) is 13.7. The van der Waals surface area contributed by atoms with Gasteiger partial charge in [-0.1, -0.05) is 12.1 Å². The van der Waals surface area contributed by atoms with Crippen molar-refractivity contribution < 1.29 is 9.18 Å². The van der Waals surface area contributed by atoms with E-state index >= 15 is 0 Å². The first-order valence-corrected chi connectivity index (χ1v) is 6.27. The van der Waals surface area contributed by atoms with Gasteiger partial charge in [-0.3, -0.25) is 4.79 Å². The highest BCUT2D eigenvalue weighted by Crippen LogP contribution is 2.13. The largest absolute Gasteiger partial charge is 0.368 e. The molecule has 0 radical (unpaired) electrons. The normalized spacial score (nSPS) is 14.4. The van der Waals surface area contributed by atoms with Crippen molar-refractivity contribution in [1.82, 2.24) is 10.2 Å². The fraction of sp³-hybridized carbons (Fsp3) is 0.500. The maximum absolute atomic E-state index is 12.9. The number of nitrogens with one attached hydrogen (secondary N) is 1. The van der Waals surface area contributed by atoms with Crippen LogP contribution in [0.2, 0.25) is 0 Å². The standard InChI is InChI=1S/C14H22FN3O/c1-14(13(16)19,17-8-9-18(2)3)10-11-4-6-12(15)7-5-11/h4-7,17H,8-10H2,1-3H3,(H2,16,19). The Balaban J connectivity index is 2.70. The number of rotatable bonds is 7. The summed E-state index contributed by atoms with van der Waals surface area (Å²) in [6.45, 7) is 3.24. The molecule has 0 saturated heterocycles. The molecule has 0 aromatic heterocycles. The van der Waals surface area contributed by atoms with E-state index in [9.17, 15) is 9.18 Å². The number of hydrogen-bond donors (Lipinski definition) is 2. The molecular formula is C14H22FN3O. The summed E-state index contributed by atoms with van der Waals surface area (Å²) in [5, 5.41) is 3.18. The van der Waals surface area contributed by atoms with Crippen LogP contribution in [0.25, 0.3) is 0 Å². The zero-order valence-corrected chi connectivity index (χ0v) is 11.7. The number of likely N-dealkylation sites (N-methyl/N-ethyl adjacent to an activating group) is 1. The van der Waals surface area contributed by atoms with Crippen LogP contribution >= 0.6 is 0 Å². The fourth-order valence-electron chi connectivity index (χ4n) is 1.80. The number of benzene rings is 1. The maximum atomic E-state index is 12.9. The minimum atomic E-state index is -0.826. The molecule has 0 spiro atoms. The first-order valence-electron chi connectivity index (χ1n) is 6.27. The number of halogens is 1. The van der Waals surface area contributed by atoms with Gasteiger partial charge in [0, 0.05) is 13.1 Å². The highest BCUT2D eigenvalue weighted by atomic mass is 19.1. The molecule has 0 heterocycles. The van der Waals surface area contributed by atoms with Crippen molar-refractivity contribution in [2.24, 2.45) is 5.73 Å². The molecule has 0 aliphatic rings. The number of carbonyl (C=O) groups is 1. The lowest BCUT2D eigenvalue weighted by Gasteiger charge is -2.28. The summed E-state index contributed by atoms with van der Waals surface area (Å²) in [6, 6.07) is 6.11.